The zero-order valence-electron chi connectivity index (χ0n) is 12.7. The standard InChI is InChI=1S/C18H16N4O/c1-11-4-5-12-8-15-13(3-2-6-19)10-22-17(20-21-18(22)23)16(15)9-14(12)7-11/h2-5,7-10H,6,19H2,1H3,(H,21,23). The molecular weight excluding hydrogens is 288 g/mol. The number of hydrogen-bond donors (Lipinski definition) is 2. The van der Waals surface area contributed by atoms with E-state index in [-0.39, 0.29) is 5.69 Å². The summed E-state index contributed by atoms with van der Waals surface area (Å²) in [7, 11) is 0. The summed E-state index contributed by atoms with van der Waals surface area (Å²) in [5.74, 6) is 0. The highest BCUT2D eigenvalue weighted by atomic mass is 16.1. The smallest absolute Gasteiger partial charge is 0.327 e. The SMILES string of the molecule is Cc1ccc2cc3c(C=CCN)cn4c(=O)[nH]nc4c3cc2c1. The number of fused-ring (bicyclic) bond motifs is 4. The Morgan fingerprint density at radius 1 is 1.22 bits per heavy atom. The van der Waals surface area contributed by atoms with Gasteiger partial charge in [-0.05, 0) is 40.8 Å². The topological polar surface area (TPSA) is 76.2 Å². The number of benzene rings is 2. The molecule has 0 aliphatic rings. The van der Waals surface area contributed by atoms with E-state index in [2.05, 4.69) is 47.5 Å². The first-order chi connectivity index (χ1) is 11.2. The molecule has 4 rings (SSSR count). The van der Waals surface area contributed by atoms with Crippen molar-refractivity contribution in [2.75, 3.05) is 6.54 Å². The van der Waals surface area contributed by atoms with Crippen LogP contribution in [-0.4, -0.2) is 21.1 Å². The first-order valence-electron chi connectivity index (χ1n) is 7.48. The van der Waals surface area contributed by atoms with Gasteiger partial charge in [0.25, 0.3) is 0 Å². The molecule has 0 unspecified atom stereocenters. The second-order valence-electron chi connectivity index (χ2n) is 5.69. The lowest BCUT2D eigenvalue weighted by Gasteiger charge is -2.08. The number of pyridine rings is 1. The molecule has 5 heteroatoms. The largest absolute Gasteiger partial charge is 0.347 e. The van der Waals surface area contributed by atoms with Crippen molar-refractivity contribution in [1.29, 1.82) is 0 Å². The van der Waals surface area contributed by atoms with E-state index in [0.717, 1.165) is 27.1 Å². The fraction of sp³-hybridized carbons (Fsp3) is 0.111. The van der Waals surface area contributed by atoms with Crippen molar-refractivity contribution in [1.82, 2.24) is 14.6 Å². The fourth-order valence-electron chi connectivity index (χ4n) is 2.99. The Balaban J connectivity index is 2.21. The molecule has 114 valence electrons. The molecule has 2 aromatic heterocycles. The maximum Gasteiger partial charge on any atom is 0.347 e. The molecule has 0 spiro atoms. The van der Waals surface area contributed by atoms with Crippen molar-refractivity contribution in [3.8, 4) is 0 Å². The molecule has 0 radical (unpaired) electrons. The third-order valence-electron chi connectivity index (χ3n) is 4.09. The van der Waals surface area contributed by atoms with E-state index in [0.29, 0.717) is 12.2 Å². The Labute approximate surface area is 132 Å². The summed E-state index contributed by atoms with van der Waals surface area (Å²) in [4.78, 5) is 12.0. The van der Waals surface area contributed by atoms with Gasteiger partial charge in [0.05, 0.1) is 0 Å². The minimum absolute atomic E-state index is 0.242. The average Bonchev–Trinajstić information content (AvgIpc) is 2.92. The lowest BCUT2D eigenvalue weighted by atomic mass is 10.00. The van der Waals surface area contributed by atoms with E-state index in [1.54, 1.807) is 10.6 Å². The number of aromatic amines is 1. The third-order valence-corrected chi connectivity index (χ3v) is 4.09. The van der Waals surface area contributed by atoms with Crippen molar-refractivity contribution >= 4 is 33.3 Å². The molecule has 0 bridgehead atoms. The molecule has 3 N–H and O–H groups in total. The number of nitrogens with one attached hydrogen (secondary N) is 1. The van der Waals surface area contributed by atoms with E-state index in [1.165, 1.54) is 5.56 Å². The third kappa shape index (κ3) is 2.13. The summed E-state index contributed by atoms with van der Waals surface area (Å²) in [5, 5.41) is 11.0. The number of nitrogens with two attached hydrogens (primary N) is 1. The molecule has 0 saturated carbocycles. The molecule has 5 nitrogen and oxygen atoms in total. The van der Waals surface area contributed by atoms with Gasteiger partial charge >= 0.3 is 5.69 Å². The molecular formula is C18H16N4O. The molecule has 0 aliphatic carbocycles. The van der Waals surface area contributed by atoms with Gasteiger partial charge in [0.15, 0.2) is 5.65 Å². The number of rotatable bonds is 2. The van der Waals surface area contributed by atoms with Crippen LogP contribution in [0.2, 0.25) is 0 Å². The van der Waals surface area contributed by atoms with Gasteiger partial charge in [0.2, 0.25) is 0 Å². The van der Waals surface area contributed by atoms with Gasteiger partial charge in [-0.3, -0.25) is 0 Å². The minimum atomic E-state index is -0.242. The fourth-order valence-corrected chi connectivity index (χ4v) is 2.99. The first-order valence-corrected chi connectivity index (χ1v) is 7.48. The number of aromatic nitrogens is 3. The molecule has 0 aliphatic heterocycles. The lowest BCUT2D eigenvalue weighted by molar-refractivity contribution is 1.02. The van der Waals surface area contributed by atoms with Crippen molar-refractivity contribution in [2.45, 2.75) is 6.92 Å². The van der Waals surface area contributed by atoms with Crippen LogP contribution in [0.3, 0.4) is 0 Å². The molecule has 0 atom stereocenters. The van der Waals surface area contributed by atoms with Gasteiger partial charge < -0.3 is 5.73 Å². The summed E-state index contributed by atoms with van der Waals surface area (Å²) < 4.78 is 1.54. The van der Waals surface area contributed by atoms with Gasteiger partial charge in [-0.25, -0.2) is 14.3 Å². The van der Waals surface area contributed by atoms with Crippen LogP contribution in [0.15, 0.2) is 47.4 Å². The number of hydrogen-bond acceptors (Lipinski definition) is 3. The molecule has 0 amide bonds. The van der Waals surface area contributed by atoms with Gasteiger partial charge in [0.1, 0.15) is 0 Å². The summed E-state index contributed by atoms with van der Waals surface area (Å²) in [5.41, 5.74) is 8.12. The number of aryl methyl sites for hydroxylation is 1. The van der Waals surface area contributed by atoms with Crippen molar-refractivity contribution in [2.24, 2.45) is 5.73 Å². The molecule has 0 saturated heterocycles. The van der Waals surface area contributed by atoms with E-state index in [1.807, 2.05) is 12.2 Å². The van der Waals surface area contributed by atoms with Crippen molar-refractivity contribution in [3.05, 3.63) is 64.2 Å². The van der Waals surface area contributed by atoms with Crippen molar-refractivity contribution in [3.63, 3.8) is 0 Å². The maximum atomic E-state index is 12.0. The second kappa shape index (κ2) is 5.07. The summed E-state index contributed by atoms with van der Waals surface area (Å²) in [6.07, 6.45) is 5.63. The van der Waals surface area contributed by atoms with Gasteiger partial charge in [-0.1, -0.05) is 35.9 Å². The van der Waals surface area contributed by atoms with Gasteiger partial charge in [0, 0.05) is 18.1 Å². The zero-order chi connectivity index (χ0) is 16.0. The van der Waals surface area contributed by atoms with Gasteiger partial charge in [-0.15, -0.1) is 0 Å². The van der Waals surface area contributed by atoms with Crippen LogP contribution in [0.1, 0.15) is 11.1 Å². The summed E-state index contributed by atoms with van der Waals surface area (Å²) in [6.45, 7) is 2.52. The maximum absolute atomic E-state index is 12.0. The number of nitrogens with zero attached hydrogens (tertiary/aromatic N) is 2. The van der Waals surface area contributed by atoms with Crippen LogP contribution in [-0.2, 0) is 0 Å². The van der Waals surface area contributed by atoms with E-state index < -0.39 is 0 Å². The van der Waals surface area contributed by atoms with E-state index >= 15 is 0 Å². The highest BCUT2D eigenvalue weighted by Crippen LogP contribution is 2.28. The molecule has 23 heavy (non-hydrogen) atoms. The number of H-pyrrole nitrogens is 1. The van der Waals surface area contributed by atoms with Crippen molar-refractivity contribution < 1.29 is 0 Å². The normalized spacial score (nSPS) is 12.1. The molecule has 0 fully saturated rings. The Morgan fingerprint density at radius 3 is 2.87 bits per heavy atom. The highest BCUT2D eigenvalue weighted by molar-refractivity contribution is 6.07. The van der Waals surface area contributed by atoms with Crippen LogP contribution in [0.25, 0.3) is 33.3 Å². The predicted molar refractivity (Wildman–Crippen MR) is 93.7 cm³/mol. The van der Waals surface area contributed by atoms with E-state index in [4.69, 9.17) is 5.73 Å². The minimum Gasteiger partial charge on any atom is -0.327 e. The van der Waals surface area contributed by atoms with Crippen LogP contribution in [0.5, 0.6) is 0 Å². The monoisotopic (exact) mass is 304 g/mol. The van der Waals surface area contributed by atoms with E-state index in [9.17, 15) is 4.79 Å². The quantitative estimate of drug-likeness (QED) is 0.559. The van der Waals surface area contributed by atoms with Crippen LogP contribution in [0, 0.1) is 6.92 Å². The summed E-state index contributed by atoms with van der Waals surface area (Å²) >= 11 is 0. The average molecular weight is 304 g/mol. The summed E-state index contributed by atoms with van der Waals surface area (Å²) in [6, 6.07) is 10.6. The lowest BCUT2D eigenvalue weighted by Crippen LogP contribution is -2.09. The first kappa shape index (κ1) is 13.7. The second-order valence-corrected chi connectivity index (χ2v) is 5.69. The Morgan fingerprint density at radius 2 is 2.04 bits per heavy atom. The zero-order valence-corrected chi connectivity index (χ0v) is 12.7. The molecule has 4 aromatic rings. The van der Waals surface area contributed by atoms with Crippen LogP contribution < -0.4 is 11.4 Å². The Bertz CT molecular complexity index is 1130. The highest BCUT2D eigenvalue weighted by Gasteiger charge is 2.10. The van der Waals surface area contributed by atoms with Gasteiger partial charge in [-0.2, -0.15) is 5.10 Å². The van der Waals surface area contributed by atoms with Crippen LogP contribution in [0.4, 0.5) is 0 Å². The Hall–Kier alpha value is -2.92. The van der Waals surface area contributed by atoms with Crippen LogP contribution >= 0.6 is 0 Å². The Kier molecular flexibility index (Phi) is 3.02. The molecule has 2 aromatic carbocycles. The predicted octanol–water partition coefficient (Wildman–Crippen LogP) is 2.61. The molecule has 2 heterocycles.